The number of rotatable bonds is 7. The normalized spacial score (nSPS) is 19.6. The van der Waals surface area contributed by atoms with E-state index >= 15 is 0 Å². The summed E-state index contributed by atoms with van der Waals surface area (Å²) in [5.74, 6) is -2.47. The lowest BCUT2D eigenvalue weighted by Crippen LogP contribution is -2.46. The zero-order valence-electron chi connectivity index (χ0n) is 12.7. The van der Waals surface area contributed by atoms with Crippen LogP contribution in [0.25, 0.3) is 0 Å². The maximum atomic E-state index is 13.5. The molecule has 124 valence electrons. The Morgan fingerprint density at radius 1 is 1.30 bits per heavy atom. The van der Waals surface area contributed by atoms with Crippen LogP contribution in [-0.4, -0.2) is 35.9 Å². The van der Waals surface area contributed by atoms with Crippen molar-refractivity contribution in [1.82, 2.24) is 5.32 Å². The summed E-state index contributed by atoms with van der Waals surface area (Å²) in [7, 11) is 1.33. The van der Waals surface area contributed by atoms with Crippen LogP contribution in [0.4, 0.5) is 4.39 Å². The van der Waals surface area contributed by atoms with Crippen molar-refractivity contribution in [3.05, 3.63) is 29.6 Å². The van der Waals surface area contributed by atoms with Crippen molar-refractivity contribution in [2.24, 2.45) is 5.92 Å². The summed E-state index contributed by atoms with van der Waals surface area (Å²) in [6.07, 6.45) is 0.783. The minimum absolute atomic E-state index is 0.0132. The molecule has 1 saturated carbocycles. The maximum absolute atomic E-state index is 13.5. The van der Waals surface area contributed by atoms with Gasteiger partial charge in [0.05, 0.1) is 13.0 Å². The number of benzene rings is 1. The second-order valence-electron chi connectivity index (χ2n) is 5.54. The highest BCUT2D eigenvalue weighted by atomic mass is 19.1. The number of nitrogens with one attached hydrogen (secondary N) is 1. The molecule has 1 aromatic carbocycles. The van der Waals surface area contributed by atoms with Gasteiger partial charge in [0.2, 0.25) is 5.91 Å². The molecular weight excluding hydrogens is 305 g/mol. The molecular formula is C16H18FNO5. The van der Waals surface area contributed by atoms with Crippen LogP contribution in [0.3, 0.4) is 0 Å². The van der Waals surface area contributed by atoms with Crippen molar-refractivity contribution < 1.29 is 28.6 Å². The Balaban J connectivity index is 1.77. The van der Waals surface area contributed by atoms with Crippen LogP contribution in [-0.2, 0) is 9.59 Å². The monoisotopic (exact) mass is 323 g/mol. The molecule has 23 heavy (non-hydrogen) atoms. The zero-order chi connectivity index (χ0) is 17.0. The zero-order valence-corrected chi connectivity index (χ0v) is 12.7. The van der Waals surface area contributed by atoms with Crippen molar-refractivity contribution in [3.63, 3.8) is 0 Å². The first-order valence-electron chi connectivity index (χ1n) is 7.29. The molecule has 0 spiro atoms. The van der Waals surface area contributed by atoms with Gasteiger partial charge in [-0.25, -0.2) is 4.39 Å². The predicted molar refractivity (Wildman–Crippen MR) is 78.8 cm³/mol. The van der Waals surface area contributed by atoms with Crippen LogP contribution in [0.5, 0.6) is 5.75 Å². The summed E-state index contributed by atoms with van der Waals surface area (Å²) < 4.78 is 18.3. The van der Waals surface area contributed by atoms with E-state index < -0.39 is 17.7 Å². The highest BCUT2D eigenvalue weighted by molar-refractivity contribution is 5.98. The minimum atomic E-state index is -0.854. The molecule has 0 heterocycles. The number of amides is 1. The van der Waals surface area contributed by atoms with Gasteiger partial charge in [-0.1, -0.05) is 0 Å². The number of hydrogen-bond donors (Lipinski definition) is 2. The fourth-order valence-corrected chi connectivity index (χ4v) is 2.45. The molecule has 1 aliphatic rings. The second kappa shape index (κ2) is 7.21. The molecule has 1 aliphatic carbocycles. The molecule has 1 amide bonds. The van der Waals surface area contributed by atoms with Crippen LogP contribution >= 0.6 is 0 Å². The summed E-state index contributed by atoms with van der Waals surface area (Å²) >= 11 is 0. The highest BCUT2D eigenvalue weighted by Crippen LogP contribution is 2.27. The number of carboxylic acid groups (broad SMARTS) is 1. The topological polar surface area (TPSA) is 92.7 Å². The Bertz CT molecular complexity index is 625. The van der Waals surface area contributed by atoms with Gasteiger partial charge in [-0.15, -0.1) is 0 Å². The molecule has 0 aromatic heterocycles. The Hall–Kier alpha value is -2.44. The Morgan fingerprint density at radius 2 is 2.00 bits per heavy atom. The van der Waals surface area contributed by atoms with Crippen LogP contribution < -0.4 is 10.1 Å². The quantitative estimate of drug-likeness (QED) is 0.746. The number of aliphatic carboxylic acids is 1. The minimum Gasteiger partial charge on any atom is -0.494 e. The molecule has 0 saturated heterocycles. The maximum Gasteiger partial charge on any atom is 0.306 e. The van der Waals surface area contributed by atoms with Gasteiger partial charge < -0.3 is 15.2 Å². The Kier molecular flexibility index (Phi) is 5.31. The van der Waals surface area contributed by atoms with Crippen molar-refractivity contribution in [3.8, 4) is 5.75 Å². The summed E-state index contributed by atoms with van der Waals surface area (Å²) in [6.45, 7) is 0. The van der Waals surface area contributed by atoms with Gasteiger partial charge in [-0.2, -0.15) is 0 Å². The number of ketones is 1. The first-order valence-corrected chi connectivity index (χ1v) is 7.29. The lowest BCUT2D eigenvalue weighted by molar-refractivity contribution is -0.146. The fourth-order valence-electron chi connectivity index (χ4n) is 2.45. The molecule has 0 unspecified atom stereocenters. The summed E-state index contributed by atoms with van der Waals surface area (Å²) in [5.41, 5.74) is 0.186. The molecule has 0 atom stereocenters. The van der Waals surface area contributed by atoms with Crippen LogP contribution in [0.1, 0.15) is 36.0 Å². The third kappa shape index (κ3) is 4.28. The number of Topliss-reactive ketones (excluding diaryl/α,β-unsaturated/α-hetero) is 1. The van der Waals surface area contributed by atoms with E-state index in [9.17, 15) is 18.8 Å². The van der Waals surface area contributed by atoms with Gasteiger partial charge >= 0.3 is 5.97 Å². The van der Waals surface area contributed by atoms with E-state index in [1.54, 1.807) is 0 Å². The molecule has 7 heteroatoms. The second-order valence-corrected chi connectivity index (χ2v) is 5.54. The number of methoxy groups -OCH3 is 1. The first kappa shape index (κ1) is 16.9. The van der Waals surface area contributed by atoms with Gasteiger partial charge in [0.1, 0.15) is 0 Å². The van der Waals surface area contributed by atoms with E-state index in [4.69, 9.17) is 9.84 Å². The van der Waals surface area contributed by atoms with Gasteiger partial charge in [0.15, 0.2) is 17.3 Å². The Morgan fingerprint density at radius 3 is 2.57 bits per heavy atom. The molecule has 0 aliphatic heterocycles. The van der Waals surface area contributed by atoms with E-state index in [0.29, 0.717) is 12.8 Å². The molecule has 0 bridgehead atoms. The molecule has 0 radical (unpaired) electrons. The number of carbonyl (C=O) groups excluding carboxylic acids is 2. The van der Waals surface area contributed by atoms with E-state index in [-0.39, 0.29) is 41.9 Å². The van der Waals surface area contributed by atoms with E-state index in [1.165, 1.54) is 19.2 Å². The van der Waals surface area contributed by atoms with Gasteiger partial charge in [0.25, 0.3) is 0 Å². The van der Waals surface area contributed by atoms with E-state index in [1.807, 2.05) is 0 Å². The molecule has 6 nitrogen and oxygen atoms in total. The standard InChI is InChI=1S/C16H18FNO5/c1-23-14-4-2-9(8-12(14)17)13(19)3-5-15(20)18-11-6-10(7-11)16(21)22/h2,4,8,10-11H,3,5-7H2,1H3,(H,18,20)(H,21,22). The van der Waals surface area contributed by atoms with Crippen LogP contribution in [0.2, 0.25) is 0 Å². The number of carboxylic acids is 1. The molecule has 1 fully saturated rings. The van der Waals surface area contributed by atoms with Gasteiger partial charge in [-0.05, 0) is 31.0 Å². The summed E-state index contributed by atoms with van der Waals surface area (Å²) in [5, 5.41) is 11.4. The summed E-state index contributed by atoms with van der Waals surface area (Å²) in [4.78, 5) is 34.3. The lowest BCUT2D eigenvalue weighted by atomic mass is 9.80. The lowest BCUT2D eigenvalue weighted by Gasteiger charge is -2.32. The van der Waals surface area contributed by atoms with Crippen LogP contribution in [0.15, 0.2) is 18.2 Å². The van der Waals surface area contributed by atoms with E-state index in [0.717, 1.165) is 6.07 Å². The smallest absolute Gasteiger partial charge is 0.306 e. The average Bonchev–Trinajstić information content (AvgIpc) is 2.47. The number of halogens is 1. The Labute approximate surface area is 132 Å². The third-order valence-corrected chi connectivity index (χ3v) is 3.91. The fraction of sp³-hybridized carbons (Fsp3) is 0.438. The average molecular weight is 323 g/mol. The SMILES string of the molecule is COc1ccc(C(=O)CCC(=O)NC2CC(C(=O)O)C2)cc1F. The first-order chi connectivity index (χ1) is 10.9. The van der Waals surface area contributed by atoms with Crippen molar-refractivity contribution in [2.75, 3.05) is 7.11 Å². The molecule has 2 rings (SSSR count). The number of carbonyl (C=O) groups is 3. The van der Waals surface area contributed by atoms with Gasteiger partial charge in [-0.3, -0.25) is 14.4 Å². The predicted octanol–water partition coefficient (Wildman–Crippen LogP) is 1.78. The molecule has 1 aromatic rings. The van der Waals surface area contributed by atoms with Crippen molar-refractivity contribution in [2.45, 2.75) is 31.7 Å². The van der Waals surface area contributed by atoms with Crippen molar-refractivity contribution in [1.29, 1.82) is 0 Å². The van der Waals surface area contributed by atoms with Crippen molar-refractivity contribution >= 4 is 17.7 Å². The number of hydrogen-bond acceptors (Lipinski definition) is 4. The highest BCUT2D eigenvalue weighted by Gasteiger charge is 2.35. The van der Waals surface area contributed by atoms with Gasteiger partial charge in [0, 0.05) is 24.4 Å². The third-order valence-electron chi connectivity index (χ3n) is 3.91. The van der Waals surface area contributed by atoms with E-state index in [2.05, 4.69) is 5.32 Å². The summed E-state index contributed by atoms with van der Waals surface area (Å²) in [6, 6.07) is 3.76. The molecule has 2 N–H and O–H groups in total. The van der Waals surface area contributed by atoms with Crippen LogP contribution in [0, 0.1) is 11.7 Å². The number of ether oxygens (including phenoxy) is 1. The largest absolute Gasteiger partial charge is 0.494 e.